The summed E-state index contributed by atoms with van der Waals surface area (Å²) >= 11 is 0. The third-order valence-corrected chi connectivity index (χ3v) is 3.77. The minimum atomic E-state index is -0.936. The Labute approximate surface area is 111 Å². The molecule has 0 aromatic carbocycles. The molecule has 0 aliphatic heterocycles. The molecule has 0 radical (unpaired) electrons. The quantitative estimate of drug-likeness (QED) is 0.791. The maximum Gasteiger partial charge on any atom is 0.339 e. The van der Waals surface area contributed by atoms with Gasteiger partial charge in [-0.25, -0.2) is 9.78 Å². The van der Waals surface area contributed by atoms with Gasteiger partial charge in [0.15, 0.2) is 0 Å². The Morgan fingerprint density at radius 3 is 2.89 bits per heavy atom. The van der Waals surface area contributed by atoms with E-state index in [1.807, 2.05) is 6.07 Å². The van der Waals surface area contributed by atoms with Gasteiger partial charge >= 0.3 is 5.97 Å². The van der Waals surface area contributed by atoms with E-state index in [-0.39, 0.29) is 5.56 Å². The fourth-order valence-electron chi connectivity index (χ4n) is 2.78. The molecular formula is C14H17N3O2. The van der Waals surface area contributed by atoms with E-state index >= 15 is 0 Å². The van der Waals surface area contributed by atoms with E-state index in [1.165, 1.54) is 25.5 Å². The summed E-state index contributed by atoms with van der Waals surface area (Å²) < 4.78 is 0. The van der Waals surface area contributed by atoms with E-state index in [4.69, 9.17) is 0 Å². The van der Waals surface area contributed by atoms with Crippen LogP contribution in [-0.2, 0) is 0 Å². The van der Waals surface area contributed by atoms with Gasteiger partial charge in [-0.2, -0.15) is 0 Å². The Morgan fingerprint density at radius 2 is 2.16 bits per heavy atom. The molecule has 2 aromatic heterocycles. The number of H-pyrrole nitrogens is 1. The molecule has 0 spiro atoms. The van der Waals surface area contributed by atoms with E-state index in [0.29, 0.717) is 11.7 Å². The van der Waals surface area contributed by atoms with E-state index in [9.17, 15) is 9.90 Å². The molecule has 2 aromatic rings. The second-order valence-electron chi connectivity index (χ2n) is 5.07. The van der Waals surface area contributed by atoms with Crippen LogP contribution in [0.1, 0.15) is 42.5 Å². The van der Waals surface area contributed by atoms with E-state index in [0.717, 1.165) is 23.9 Å². The predicted molar refractivity (Wildman–Crippen MR) is 73.5 cm³/mol. The maximum atomic E-state index is 11.3. The van der Waals surface area contributed by atoms with Crippen LogP contribution in [0.25, 0.3) is 11.0 Å². The number of carboxylic acid groups (broad SMARTS) is 1. The van der Waals surface area contributed by atoms with Crippen LogP contribution in [-0.4, -0.2) is 27.1 Å². The Balaban J connectivity index is 2.00. The second-order valence-corrected chi connectivity index (χ2v) is 5.07. The van der Waals surface area contributed by atoms with E-state index in [2.05, 4.69) is 15.3 Å². The van der Waals surface area contributed by atoms with Crippen molar-refractivity contribution in [1.82, 2.24) is 9.97 Å². The fraction of sp³-hybridized carbons (Fsp3) is 0.429. The Bertz CT molecular complexity index is 600. The molecule has 5 heteroatoms. The molecule has 3 N–H and O–H groups in total. The Hall–Kier alpha value is -2.04. The lowest BCUT2D eigenvalue weighted by Gasteiger charge is -2.25. The van der Waals surface area contributed by atoms with Crippen molar-refractivity contribution in [1.29, 1.82) is 0 Å². The van der Waals surface area contributed by atoms with Gasteiger partial charge in [-0.1, -0.05) is 19.3 Å². The number of anilines is 1. The molecule has 1 saturated carbocycles. The summed E-state index contributed by atoms with van der Waals surface area (Å²) in [6.45, 7) is 0. The first kappa shape index (κ1) is 12.0. The van der Waals surface area contributed by atoms with E-state index < -0.39 is 5.97 Å². The van der Waals surface area contributed by atoms with Crippen molar-refractivity contribution in [3.63, 3.8) is 0 Å². The molecule has 0 atom stereocenters. The van der Waals surface area contributed by atoms with Crippen molar-refractivity contribution >= 4 is 22.7 Å². The second kappa shape index (κ2) is 4.91. The van der Waals surface area contributed by atoms with Gasteiger partial charge in [0.25, 0.3) is 0 Å². The third-order valence-electron chi connectivity index (χ3n) is 3.77. The zero-order valence-corrected chi connectivity index (χ0v) is 10.6. The van der Waals surface area contributed by atoms with Gasteiger partial charge in [0.2, 0.25) is 0 Å². The van der Waals surface area contributed by atoms with Gasteiger partial charge in [0.05, 0.1) is 5.69 Å². The number of hydrogen-bond donors (Lipinski definition) is 3. The zero-order valence-electron chi connectivity index (χ0n) is 10.6. The first-order chi connectivity index (χ1) is 9.25. The number of carbonyl (C=O) groups is 1. The summed E-state index contributed by atoms with van der Waals surface area (Å²) in [5, 5.41) is 13.6. The lowest BCUT2D eigenvalue weighted by Crippen LogP contribution is -2.23. The molecule has 5 nitrogen and oxygen atoms in total. The highest BCUT2D eigenvalue weighted by Crippen LogP contribution is 2.29. The first-order valence-electron chi connectivity index (χ1n) is 6.71. The molecule has 1 aliphatic carbocycles. The van der Waals surface area contributed by atoms with Gasteiger partial charge in [-0.15, -0.1) is 0 Å². The third kappa shape index (κ3) is 2.28. The van der Waals surface area contributed by atoms with E-state index in [1.54, 1.807) is 6.20 Å². The molecule has 0 saturated heterocycles. The van der Waals surface area contributed by atoms with Crippen molar-refractivity contribution in [2.45, 2.75) is 38.1 Å². The van der Waals surface area contributed by atoms with Crippen molar-refractivity contribution in [2.75, 3.05) is 5.32 Å². The first-order valence-corrected chi connectivity index (χ1v) is 6.71. The number of rotatable bonds is 3. The topological polar surface area (TPSA) is 78.0 Å². The normalized spacial score (nSPS) is 16.6. The maximum absolute atomic E-state index is 11.3. The predicted octanol–water partition coefficient (Wildman–Crippen LogP) is 3.01. The molecule has 100 valence electrons. The average molecular weight is 259 g/mol. The molecule has 0 amide bonds. The summed E-state index contributed by atoms with van der Waals surface area (Å²) in [7, 11) is 0. The summed E-state index contributed by atoms with van der Waals surface area (Å²) in [6, 6.07) is 2.24. The number of nitrogens with zero attached hydrogens (tertiary/aromatic N) is 1. The lowest BCUT2D eigenvalue weighted by molar-refractivity contribution is 0.0697. The van der Waals surface area contributed by atoms with Crippen LogP contribution in [0, 0.1) is 0 Å². The largest absolute Gasteiger partial charge is 0.478 e. The number of hydrogen-bond acceptors (Lipinski definition) is 3. The van der Waals surface area contributed by atoms with Crippen LogP contribution in [0.5, 0.6) is 0 Å². The number of nitrogens with one attached hydrogen (secondary N) is 2. The van der Waals surface area contributed by atoms with Gasteiger partial charge < -0.3 is 15.4 Å². The van der Waals surface area contributed by atoms with Crippen LogP contribution < -0.4 is 5.32 Å². The number of fused-ring (bicyclic) bond motifs is 1. The summed E-state index contributed by atoms with van der Waals surface area (Å²) in [4.78, 5) is 18.5. The molecule has 3 rings (SSSR count). The molecule has 0 bridgehead atoms. The van der Waals surface area contributed by atoms with Gasteiger partial charge in [-0.3, -0.25) is 0 Å². The minimum absolute atomic E-state index is 0.248. The van der Waals surface area contributed by atoms with Gasteiger partial charge in [-0.05, 0) is 18.9 Å². The lowest BCUT2D eigenvalue weighted by atomic mass is 9.95. The van der Waals surface area contributed by atoms with Crippen LogP contribution >= 0.6 is 0 Å². The standard InChI is InChI=1S/C14H17N3O2/c18-14(19)11-8-16-13-10(6-7-15-13)12(11)17-9-4-2-1-3-5-9/h6-9H,1-5H2,(H,18,19)(H2,15,16,17). The number of aromatic carboxylic acids is 1. The zero-order chi connectivity index (χ0) is 13.2. The number of carboxylic acids is 1. The fourth-order valence-corrected chi connectivity index (χ4v) is 2.78. The molecule has 2 heterocycles. The average Bonchev–Trinajstić information content (AvgIpc) is 2.88. The van der Waals surface area contributed by atoms with Crippen LogP contribution in [0.15, 0.2) is 18.5 Å². The summed E-state index contributed by atoms with van der Waals surface area (Å²) in [5.74, 6) is -0.936. The number of pyridine rings is 1. The number of aromatic amines is 1. The van der Waals surface area contributed by atoms with Crippen molar-refractivity contribution in [2.24, 2.45) is 0 Å². The van der Waals surface area contributed by atoms with Crippen molar-refractivity contribution in [3.05, 3.63) is 24.0 Å². The molecule has 19 heavy (non-hydrogen) atoms. The van der Waals surface area contributed by atoms with Crippen LogP contribution in [0.2, 0.25) is 0 Å². The molecule has 0 unspecified atom stereocenters. The van der Waals surface area contributed by atoms with Crippen LogP contribution in [0.4, 0.5) is 5.69 Å². The smallest absolute Gasteiger partial charge is 0.339 e. The SMILES string of the molecule is O=C(O)c1cnc2[nH]ccc2c1NC1CCCCC1. The van der Waals surface area contributed by atoms with Crippen LogP contribution in [0.3, 0.4) is 0 Å². The molecular weight excluding hydrogens is 242 g/mol. The highest BCUT2D eigenvalue weighted by Gasteiger charge is 2.19. The minimum Gasteiger partial charge on any atom is -0.478 e. The summed E-state index contributed by atoms with van der Waals surface area (Å²) in [6.07, 6.45) is 9.12. The highest BCUT2D eigenvalue weighted by atomic mass is 16.4. The Morgan fingerprint density at radius 1 is 1.37 bits per heavy atom. The van der Waals surface area contributed by atoms with Gasteiger partial charge in [0, 0.05) is 23.8 Å². The molecule has 1 fully saturated rings. The van der Waals surface area contributed by atoms with Gasteiger partial charge in [0.1, 0.15) is 11.2 Å². The summed E-state index contributed by atoms with van der Waals surface area (Å²) in [5.41, 5.74) is 1.67. The highest BCUT2D eigenvalue weighted by molar-refractivity contribution is 6.03. The Kier molecular flexibility index (Phi) is 3.11. The molecule has 1 aliphatic rings. The monoisotopic (exact) mass is 259 g/mol. The van der Waals surface area contributed by atoms with Crippen molar-refractivity contribution in [3.8, 4) is 0 Å². The van der Waals surface area contributed by atoms with Crippen molar-refractivity contribution < 1.29 is 9.90 Å². The number of aromatic nitrogens is 2.